The average Bonchev–Trinajstić information content (AvgIpc) is 3.37. The zero-order valence-electron chi connectivity index (χ0n) is 23.3. The molecule has 4 aliphatic rings. The highest BCUT2D eigenvalue weighted by molar-refractivity contribution is 5.90. The summed E-state index contributed by atoms with van der Waals surface area (Å²) in [7, 11) is 0. The molecule has 12 unspecified atom stereocenters. The van der Waals surface area contributed by atoms with E-state index in [-0.39, 0.29) is 42.5 Å². The van der Waals surface area contributed by atoms with Gasteiger partial charge < -0.3 is 20.4 Å². The summed E-state index contributed by atoms with van der Waals surface area (Å²) < 4.78 is 0. The van der Waals surface area contributed by atoms with E-state index < -0.39 is 23.2 Å². The summed E-state index contributed by atoms with van der Waals surface area (Å²) in [5, 5.41) is 43.0. The third kappa shape index (κ3) is 3.97. The first kappa shape index (κ1) is 27.5. The number of fused-ring (bicyclic) bond motifs is 1. The second kappa shape index (κ2) is 9.06. The van der Waals surface area contributed by atoms with Gasteiger partial charge in [-0.25, -0.2) is 0 Å². The average molecular weight is 493 g/mol. The van der Waals surface area contributed by atoms with Gasteiger partial charge in [0.15, 0.2) is 0 Å². The van der Waals surface area contributed by atoms with Crippen LogP contribution in [0.2, 0.25) is 0 Å². The van der Waals surface area contributed by atoms with E-state index in [1.807, 2.05) is 6.92 Å². The van der Waals surface area contributed by atoms with E-state index >= 15 is 0 Å². The molecule has 5 nitrogen and oxygen atoms in total. The second-order valence-electron chi connectivity index (χ2n) is 14.4. The van der Waals surface area contributed by atoms with E-state index in [9.17, 15) is 25.2 Å². The molecule has 4 saturated carbocycles. The first-order chi connectivity index (χ1) is 16.2. The molecule has 0 aromatic heterocycles. The Labute approximate surface area is 213 Å². The summed E-state index contributed by atoms with van der Waals surface area (Å²) in [5.74, 6) is 2.85. The lowest BCUT2D eigenvalue weighted by molar-refractivity contribution is -0.222. The highest BCUT2D eigenvalue weighted by Gasteiger charge is 2.67. The normalized spacial score (nSPS) is 51.8. The minimum Gasteiger partial charge on any atom is -0.396 e. The van der Waals surface area contributed by atoms with Gasteiger partial charge >= 0.3 is 0 Å². The van der Waals surface area contributed by atoms with Crippen molar-refractivity contribution in [1.29, 1.82) is 0 Å². The topological polar surface area (TPSA) is 98.0 Å². The van der Waals surface area contributed by atoms with E-state index in [1.54, 1.807) is 0 Å². The lowest BCUT2D eigenvalue weighted by Crippen LogP contribution is -2.68. The zero-order chi connectivity index (χ0) is 26.1. The Balaban J connectivity index is 1.60. The van der Waals surface area contributed by atoms with E-state index in [1.165, 1.54) is 6.42 Å². The molecule has 4 N–H and O–H groups in total. The number of aliphatic hydroxyl groups is 4. The monoisotopic (exact) mass is 492 g/mol. The summed E-state index contributed by atoms with van der Waals surface area (Å²) in [5.41, 5.74) is -2.38. The molecule has 0 bridgehead atoms. The van der Waals surface area contributed by atoms with Gasteiger partial charge in [0.05, 0.1) is 17.6 Å². The number of aliphatic hydroxyl groups excluding tert-OH is 3. The van der Waals surface area contributed by atoms with Crippen molar-refractivity contribution in [3.63, 3.8) is 0 Å². The van der Waals surface area contributed by atoms with E-state index in [4.69, 9.17) is 0 Å². The summed E-state index contributed by atoms with van der Waals surface area (Å²) in [6, 6.07) is 0. The molecule has 35 heavy (non-hydrogen) atoms. The van der Waals surface area contributed by atoms with Crippen molar-refractivity contribution in [2.75, 3.05) is 6.61 Å². The minimum absolute atomic E-state index is 0.0651. The number of rotatable bonds is 7. The van der Waals surface area contributed by atoms with Crippen LogP contribution in [0.15, 0.2) is 0 Å². The molecule has 202 valence electrons. The zero-order valence-corrected chi connectivity index (χ0v) is 23.3. The van der Waals surface area contributed by atoms with Gasteiger partial charge in [-0.3, -0.25) is 4.79 Å². The van der Waals surface area contributed by atoms with Crippen molar-refractivity contribution in [2.45, 2.75) is 118 Å². The molecule has 4 aliphatic carbocycles. The van der Waals surface area contributed by atoms with Gasteiger partial charge in [-0.15, -0.1) is 0 Å². The minimum atomic E-state index is -1.56. The molecule has 5 heteroatoms. The van der Waals surface area contributed by atoms with Crippen molar-refractivity contribution in [3.8, 4) is 0 Å². The fourth-order valence-electron chi connectivity index (χ4n) is 9.69. The summed E-state index contributed by atoms with van der Waals surface area (Å²) >= 11 is 0. The number of ketones is 1. The Morgan fingerprint density at radius 1 is 0.971 bits per heavy atom. The number of carbonyl (C=O) groups excluding carboxylic acids is 1. The Hall–Kier alpha value is -0.490. The molecule has 4 rings (SSSR count). The van der Waals surface area contributed by atoms with Crippen LogP contribution >= 0.6 is 0 Å². The predicted octanol–water partition coefficient (Wildman–Crippen LogP) is 4.59. The second-order valence-corrected chi connectivity index (χ2v) is 14.4. The van der Waals surface area contributed by atoms with Gasteiger partial charge in [0.2, 0.25) is 0 Å². The van der Waals surface area contributed by atoms with Crippen molar-refractivity contribution < 1.29 is 25.2 Å². The highest BCUT2D eigenvalue weighted by Crippen LogP contribution is 2.68. The number of hydrogen-bond acceptors (Lipinski definition) is 5. The molecular weight excluding hydrogens is 440 g/mol. The van der Waals surface area contributed by atoms with Crippen LogP contribution in [0.4, 0.5) is 0 Å². The Morgan fingerprint density at radius 3 is 2.23 bits per heavy atom. The fourth-order valence-corrected chi connectivity index (χ4v) is 9.69. The third-order valence-electron chi connectivity index (χ3n) is 12.7. The molecule has 0 aromatic rings. The number of Topliss-reactive ketones (excluding diaryl/α,β-unsaturated/α-hetero) is 1. The third-order valence-corrected chi connectivity index (χ3v) is 12.7. The van der Waals surface area contributed by atoms with Crippen LogP contribution in [0.25, 0.3) is 0 Å². The number of carbonyl (C=O) groups is 1. The maximum Gasteiger partial charge on any atom is 0.145 e. The summed E-state index contributed by atoms with van der Waals surface area (Å²) in [6.07, 6.45) is 3.46. The van der Waals surface area contributed by atoms with Crippen LogP contribution in [0.3, 0.4) is 0 Å². The van der Waals surface area contributed by atoms with Crippen molar-refractivity contribution in [3.05, 3.63) is 0 Å². The lowest BCUT2D eigenvalue weighted by Gasteiger charge is -2.57. The standard InChI is InChI=1S/C30H52O5/c1-17(2)19(4)28(6)16-24(28)18(3)22-8-9-23(27(22,5)12-13-31)21-14-25(33)30(35)15-20(32)10-11-29(30,7)26(21)34/h17-25,31-33,35H,8-16H2,1-7H3. The summed E-state index contributed by atoms with van der Waals surface area (Å²) in [6.45, 7) is 16.1. The molecule has 4 fully saturated rings. The van der Waals surface area contributed by atoms with Gasteiger partial charge in [-0.2, -0.15) is 0 Å². The first-order valence-electron chi connectivity index (χ1n) is 14.4. The van der Waals surface area contributed by atoms with Gasteiger partial charge in [-0.05, 0) is 98.2 Å². The van der Waals surface area contributed by atoms with E-state index in [0.29, 0.717) is 54.3 Å². The van der Waals surface area contributed by atoms with Crippen molar-refractivity contribution in [2.24, 2.45) is 57.7 Å². The van der Waals surface area contributed by atoms with Crippen molar-refractivity contribution in [1.82, 2.24) is 0 Å². The first-order valence-corrected chi connectivity index (χ1v) is 14.4. The van der Waals surface area contributed by atoms with Gasteiger partial charge in [0.1, 0.15) is 11.4 Å². The maximum atomic E-state index is 14.1. The van der Waals surface area contributed by atoms with E-state index in [0.717, 1.165) is 12.8 Å². The van der Waals surface area contributed by atoms with Crippen molar-refractivity contribution >= 4 is 5.78 Å². The van der Waals surface area contributed by atoms with Gasteiger partial charge in [0.25, 0.3) is 0 Å². The predicted molar refractivity (Wildman–Crippen MR) is 137 cm³/mol. The molecule has 0 saturated heterocycles. The van der Waals surface area contributed by atoms with E-state index in [2.05, 4.69) is 41.5 Å². The number of hydrogen-bond donors (Lipinski definition) is 4. The Morgan fingerprint density at radius 2 is 1.63 bits per heavy atom. The maximum absolute atomic E-state index is 14.1. The lowest BCUT2D eigenvalue weighted by atomic mass is 9.49. The fraction of sp³-hybridized carbons (Fsp3) is 0.967. The highest BCUT2D eigenvalue weighted by atomic mass is 16.3. The van der Waals surface area contributed by atoms with Crippen LogP contribution in [0, 0.1) is 57.7 Å². The molecule has 12 atom stereocenters. The molecule has 0 amide bonds. The molecule has 0 spiro atoms. The molecule has 0 radical (unpaired) electrons. The SMILES string of the molecule is CC(C)C(C)C1(C)CC1C(C)C1CCC(C2CC(O)C3(O)CC(O)CCC3(C)C2=O)C1(C)CCO. The largest absolute Gasteiger partial charge is 0.396 e. The van der Waals surface area contributed by atoms with Crippen LogP contribution in [0.5, 0.6) is 0 Å². The van der Waals surface area contributed by atoms with Crippen LogP contribution in [-0.2, 0) is 4.79 Å². The van der Waals surface area contributed by atoms with Crippen LogP contribution in [0.1, 0.15) is 99.8 Å². The Kier molecular flexibility index (Phi) is 7.13. The summed E-state index contributed by atoms with van der Waals surface area (Å²) in [4.78, 5) is 14.1. The van der Waals surface area contributed by atoms with Gasteiger partial charge in [0, 0.05) is 18.9 Å². The molecule has 0 heterocycles. The molecular formula is C30H52O5. The molecule has 0 aromatic carbocycles. The quantitative estimate of drug-likeness (QED) is 0.417. The Bertz CT molecular complexity index is 813. The van der Waals surface area contributed by atoms with Crippen LogP contribution < -0.4 is 0 Å². The smallest absolute Gasteiger partial charge is 0.145 e. The van der Waals surface area contributed by atoms with Crippen LogP contribution in [-0.4, -0.2) is 50.6 Å². The van der Waals surface area contributed by atoms with Gasteiger partial charge in [-0.1, -0.05) is 41.5 Å². The molecule has 0 aliphatic heterocycles.